The second-order valence-corrected chi connectivity index (χ2v) is 3.01. The van der Waals surface area contributed by atoms with Gasteiger partial charge >= 0.3 is 5.76 Å². The standard InChI is InChI=1S/C6H4BrN3O2/c1-2-8-4(7)3-5(9-2)12-6(11)10-3/h1H3,(H,10,11). The normalized spacial score (nSPS) is 10.8. The minimum absolute atomic E-state index is 0.277. The molecule has 2 aromatic rings. The molecule has 0 amide bonds. The van der Waals surface area contributed by atoms with Crippen LogP contribution in [0.15, 0.2) is 13.8 Å². The lowest BCUT2D eigenvalue weighted by atomic mass is 10.5. The number of halogens is 1. The van der Waals surface area contributed by atoms with E-state index in [2.05, 4.69) is 30.9 Å². The van der Waals surface area contributed by atoms with Crippen LogP contribution in [-0.2, 0) is 0 Å². The van der Waals surface area contributed by atoms with Gasteiger partial charge in [-0.05, 0) is 22.9 Å². The number of nitrogens with zero attached hydrogens (tertiary/aromatic N) is 2. The van der Waals surface area contributed by atoms with Gasteiger partial charge in [-0.3, -0.25) is 4.98 Å². The summed E-state index contributed by atoms with van der Waals surface area (Å²) in [7, 11) is 0. The molecule has 0 unspecified atom stereocenters. The molecule has 0 aliphatic rings. The molecule has 0 aromatic carbocycles. The molecule has 2 rings (SSSR count). The minimum atomic E-state index is -0.523. The Bertz CT molecular complexity index is 487. The first kappa shape index (κ1) is 7.48. The molecular weight excluding hydrogens is 226 g/mol. The SMILES string of the molecule is Cc1nc(Br)c2[nH]c(=O)oc2n1. The summed E-state index contributed by atoms with van der Waals surface area (Å²) < 4.78 is 5.28. The van der Waals surface area contributed by atoms with Gasteiger partial charge in [-0.2, -0.15) is 4.98 Å². The number of rotatable bonds is 0. The number of nitrogens with one attached hydrogen (secondary N) is 1. The number of aromatic nitrogens is 3. The molecule has 0 saturated carbocycles. The van der Waals surface area contributed by atoms with Crippen molar-refractivity contribution in [1.82, 2.24) is 15.0 Å². The Balaban J connectivity index is 2.97. The zero-order valence-electron chi connectivity index (χ0n) is 6.09. The highest BCUT2D eigenvalue weighted by atomic mass is 79.9. The fourth-order valence-corrected chi connectivity index (χ4v) is 1.43. The molecule has 0 aliphatic heterocycles. The summed E-state index contributed by atoms with van der Waals surface area (Å²) in [6.45, 7) is 1.72. The van der Waals surface area contributed by atoms with E-state index in [1.807, 2.05) is 0 Å². The number of fused-ring (bicyclic) bond motifs is 1. The van der Waals surface area contributed by atoms with Crippen molar-refractivity contribution in [3.8, 4) is 0 Å². The lowest BCUT2D eigenvalue weighted by Gasteiger charge is -1.91. The van der Waals surface area contributed by atoms with E-state index in [4.69, 9.17) is 4.42 Å². The van der Waals surface area contributed by atoms with Crippen LogP contribution in [0.3, 0.4) is 0 Å². The molecular formula is C6H4BrN3O2. The van der Waals surface area contributed by atoms with Crippen LogP contribution in [0.5, 0.6) is 0 Å². The largest absolute Gasteiger partial charge is 0.418 e. The first-order chi connectivity index (χ1) is 5.66. The maximum atomic E-state index is 10.7. The van der Waals surface area contributed by atoms with E-state index >= 15 is 0 Å². The van der Waals surface area contributed by atoms with Crippen LogP contribution in [-0.4, -0.2) is 15.0 Å². The molecule has 2 aromatic heterocycles. The molecule has 1 N–H and O–H groups in total. The van der Waals surface area contributed by atoms with Crippen molar-refractivity contribution in [2.45, 2.75) is 6.92 Å². The molecule has 0 bridgehead atoms. The summed E-state index contributed by atoms with van der Waals surface area (Å²) >= 11 is 3.18. The van der Waals surface area contributed by atoms with Crippen molar-refractivity contribution < 1.29 is 4.42 Å². The highest BCUT2D eigenvalue weighted by molar-refractivity contribution is 9.10. The van der Waals surface area contributed by atoms with Gasteiger partial charge in [-0.15, -0.1) is 0 Å². The molecule has 62 valence electrons. The third-order valence-corrected chi connectivity index (χ3v) is 1.93. The van der Waals surface area contributed by atoms with Crippen molar-refractivity contribution in [3.05, 3.63) is 21.0 Å². The predicted octanol–water partition coefficient (Wildman–Crippen LogP) is 0.982. The molecule has 0 saturated heterocycles. The first-order valence-corrected chi connectivity index (χ1v) is 3.99. The second-order valence-electron chi connectivity index (χ2n) is 2.26. The molecule has 0 fully saturated rings. The van der Waals surface area contributed by atoms with Gasteiger partial charge in [0.15, 0.2) is 0 Å². The predicted molar refractivity (Wildman–Crippen MR) is 44.9 cm³/mol. The average molecular weight is 230 g/mol. The van der Waals surface area contributed by atoms with Gasteiger partial charge < -0.3 is 4.42 Å². The summed E-state index contributed by atoms with van der Waals surface area (Å²) in [5.74, 6) is 0.0303. The van der Waals surface area contributed by atoms with Crippen molar-refractivity contribution >= 4 is 27.2 Å². The van der Waals surface area contributed by atoms with Crippen molar-refractivity contribution in [2.24, 2.45) is 0 Å². The number of hydrogen-bond acceptors (Lipinski definition) is 4. The molecule has 0 radical (unpaired) electrons. The number of hydrogen-bond donors (Lipinski definition) is 1. The number of aromatic amines is 1. The molecule has 5 nitrogen and oxygen atoms in total. The van der Waals surface area contributed by atoms with Gasteiger partial charge in [0.25, 0.3) is 5.71 Å². The van der Waals surface area contributed by atoms with E-state index in [0.717, 1.165) is 0 Å². The van der Waals surface area contributed by atoms with Gasteiger partial charge in [0.05, 0.1) is 0 Å². The van der Waals surface area contributed by atoms with Crippen LogP contribution in [0.2, 0.25) is 0 Å². The van der Waals surface area contributed by atoms with E-state index in [1.54, 1.807) is 6.92 Å². The fourth-order valence-electron chi connectivity index (χ4n) is 0.908. The Morgan fingerprint density at radius 2 is 2.25 bits per heavy atom. The maximum absolute atomic E-state index is 10.7. The van der Waals surface area contributed by atoms with E-state index in [-0.39, 0.29) is 5.71 Å². The van der Waals surface area contributed by atoms with Crippen LogP contribution in [0, 0.1) is 6.92 Å². The minimum Gasteiger partial charge on any atom is -0.389 e. The Morgan fingerprint density at radius 3 is 3.00 bits per heavy atom. The molecule has 12 heavy (non-hydrogen) atoms. The summed E-state index contributed by atoms with van der Waals surface area (Å²) in [5.41, 5.74) is 0.768. The zero-order valence-corrected chi connectivity index (χ0v) is 7.67. The summed E-state index contributed by atoms with van der Waals surface area (Å²) in [6.07, 6.45) is 0. The van der Waals surface area contributed by atoms with Gasteiger partial charge in [0.2, 0.25) is 0 Å². The van der Waals surface area contributed by atoms with Gasteiger partial charge in [0.1, 0.15) is 15.9 Å². The quantitative estimate of drug-likeness (QED) is 0.684. The number of H-pyrrole nitrogens is 1. The zero-order chi connectivity index (χ0) is 8.72. The monoisotopic (exact) mass is 229 g/mol. The van der Waals surface area contributed by atoms with E-state index in [1.165, 1.54) is 0 Å². The van der Waals surface area contributed by atoms with Gasteiger partial charge in [0, 0.05) is 0 Å². The first-order valence-electron chi connectivity index (χ1n) is 3.20. The lowest BCUT2D eigenvalue weighted by molar-refractivity contribution is 0.544. The maximum Gasteiger partial charge on any atom is 0.418 e. The van der Waals surface area contributed by atoms with Crippen LogP contribution >= 0.6 is 15.9 Å². The van der Waals surface area contributed by atoms with E-state index in [0.29, 0.717) is 15.9 Å². The van der Waals surface area contributed by atoms with Crippen LogP contribution in [0.25, 0.3) is 11.2 Å². The van der Waals surface area contributed by atoms with Gasteiger partial charge in [-0.1, -0.05) is 0 Å². The molecule has 0 atom stereocenters. The third kappa shape index (κ3) is 1.04. The Labute approximate surface area is 75.0 Å². The number of aryl methyl sites for hydroxylation is 1. The van der Waals surface area contributed by atoms with Gasteiger partial charge in [-0.25, -0.2) is 9.78 Å². The fraction of sp³-hybridized carbons (Fsp3) is 0.167. The molecule has 0 aliphatic carbocycles. The van der Waals surface area contributed by atoms with Crippen molar-refractivity contribution in [1.29, 1.82) is 0 Å². The highest BCUT2D eigenvalue weighted by Crippen LogP contribution is 2.16. The summed E-state index contributed by atoms with van der Waals surface area (Å²) in [5, 5.41) is 0. The topological polar surface area (TPSA) is 71.8 Å². The van der Waals surface area contributed by atoms with Crippen molar-refractivity contribution in [2.75, 3.05) is 0 Å². The average Bonchev–Trinajstić information content (AvgIpc) is 2.29. The number of oxazole rings is 1. The second kappa shape index (κ2) is 2.41. The van der Waals surface area contributed by atoms with E-state index < -0.39 is 5.76 Å². The molecule has 0 spiro atoms. The van der Waals surface area contributed by atoms with E-state index in [9.17, 15) is 4.79 Å². The molecule has 6 heteroatoms. The summed E-state index contributed by atoms with van der Waals surface area (Å²) in [6, 6.07) is 0. The Kier molecular flexibility index (Phi) is 1.50. The smallest absolute Gasteiger partial charge is 0.389 e. The van der Waals surface area contributed by atoms with Crippen molar-refractivity contribution in [3.63, 3.8) is 0 Å². The lowest BCUT2D eigenvalue weighted by Crippen LogP contribution is -1.93. The third-order valence-electron chi connectivity index (χ3n) is 1.36. The van der Waals surface area contributed by atoms with Crippen LogP contribution < -0.4 is 5.76 Å². The molecule has 2 heterocycles. The Morgan fingerprint density at radius 1 is 1.50 bits per heavy atom. The summed E-state index contributed by atoms with van der Waals surface area (Å²) in [4.78, 5) is 21.1. The van der Waals surface area contributed by atoms with Crippen LogP contribution in [0.4, 0.5) is 0 Å². The highest BCUT2D eigenvalue weighted by Gasteiger charge is 2.07. The Hall–Kier alpha value is -1.17. The van der Waals surface area contributed by atoms with Crippen LogP contribution in [0.1, 0.15) is 5.82 Å².